The van der Waals surface area contributed by atoms with Gasteiger partial charge < -0.3 is 0 Å². The number of amides is 2. The number of allylic oxidation sites excluding steroid dienone is 1. The van der Waals surface area contributed by atoms with Crippen LogP contribution in [0.1, 0.15) is 12.8 Å². The minimum absolute atomic E-state index is 0.0823. The number of carbonyl (C=O) groups excluding carboxylic acids is 2. The van der Waals surface area contributed by atoms with Gasteiger partial charge in [-0.2, -0.15) is 0 Å². The van der Waals surface area contributed by atoms with E-state index < -0.39 is 4.32 Å². The van der Waals surface area contributed by atoms with Gasteiger partial charge >= 0.3 is 0 Å². The van der Waals surface area contributed by atoms with Crippen LogP contribution in [0.3, 0.4) is 0 Å². The third kappa shape index (κ3) is 1.39. The van der Waals surface area contributed by atoms with E-state index in [4.69, 9.17) is 0 Å². The Hall–Kier alpha value is -0.900. The summed E-state index contributed by atoms with van der Waals surface area (Å²) < 4.78 is -0.786. The Labute approximate surface area is 96.9 Å². The molecule has 2 amide bonds. The van der Waals surface area contributed by atoms with Crippen LogP contribution in [0.2, 0.25) is 0 Å². The van der Waals surface area contributed by atoms with E-state index in [-0.39, 0.29) is 17.7 Å². The molecule has 0 aromatic rings. The molecule has 0 aromatic carbocycles. The second-order valence-corrected chi connectivity index (χ2v) is 5.16. The van der Waals surface area contributed by atoms with Crippen LogP contribution >= 0.6 is 15.9 Å². The fourth-order valence-electron chi connectivity index (χ4n) is 2.16. The van der Waals surface area contributed by atoms with Crippen LogP contribution in [0, 0.1) is 5.92 Å². The Bertz CT molecular complexity index is 364. The number of nitrogens with zero attached hydrogens (tertiary/aromatic N) is 1. The molecule has 2 unspecified atom stereocenters. The van der Waals surface area contributed by atoms with Gasteiger partial charge in [0.15, 0.2) is 0 Å². The number of fused-ring (bicyclic) bond motifs is 1. The van der Waals surface area contributed by atoms with Gasteiger partial charge in [0.1, 0.15) is 4.32 Å². The van der Waals surface area contributed by atoms with Gasteiger partial charge in [-0.3, -0.25) is 14.5 Å². The highest BCUT2D eigenvalue weighted by Crippen LogP contribution is 2.44. The summed E-state index contributed by atoms with van der Waals surface area (Å²) in [6, 6.07) is 0. The van der Waals surface area contributed by atoms with Crippen molar-refractivity contribution in [3.63, 3.8) is 0 Å². The number of alkyl halides is 1. The van der Waals surface area contributed by atoms with E-state index in [2.05, 4.69) is 22.5 Å². The van der Waals surface area contributed by atoms with Crippen molar-refractivity contribution in [1.29, 1.82) is 0 Å². The van der Waals surface area contributed by atoms with E-state index in [1.54, 1.807) is 6.08 Å². The highest BCUT2D eigenvalue weighted by atomic mass is 79.9. The second-order valence-electron chi connectivity index (χ2n) is 3.84. The van der Waals surface area contributed by atoms with Gasteiger partial charge in [-0.15, -0.1) is 6.58 Å². The van der Waals surface area contributed by atoms with E-state index in [1.807, 2.05) is 12.2 Å². The zero-order valence-electron chi connectivity index (χ0n) is 8.28. The Kier molecular flexibility index (Phi) is 2.54. The first kappa shape index (κ1) is 10.6. The molecule has 0 radical (unpaired) electrons. The average molecular weight is 270 g/mol. The molecule has 0 spiro atoms. The van der Waals surface area contributed by atoms with Crippen molar-refractivity contribution >= 4 is 27.7 Å². The fourth-order valence-corrected chi connectivity index (χ4v) is 2.99. The Morgan fingerprint density at radius 3 is 3.00 bits per heavy atom. The van der Waals surface area contributed by atoms with Gasteiger partial charge in [-0.25, -0.2) is 0 Å². The molecule has 4 heteroatoms. The summed E-state index contributed by atoms with van der Waals surface area (Å²) in [5.41, 5.74) is 0. The molecule has 1 heterocycles. The van der Waals surface area contributed by atoms with Crippen LogP contribution in [0.4, 0.5) is 0 Å². The Morgan fingerprint density at radius 1 is 1.67 bits per heavy atom. The van der Waals surface area contributed by atoms with Crippen LogP contribution in [-0.4, -0.2) is 27.6 Å². The molecule has 0 N–H and O–H groups in total. The van der Waals surface area contributed by atoms with Crippen molar-refractivity contribution in [3.05, 3.63) is 24.8 Å². The van der Waals surface area contributed by atoms with Crippen molar-refractivity contribution in [3.8, 4) is 0 Å². The van der Waals surface area contributed by atoms with Gasteiger partial charge in [0.05, 0.1) is 5.92 Å². The Balaban J connectivity index is 2.38. The molecule has 15 heavy (non-hydrogen) atoms. The molecule has 2 atom stereocenters. The summed E-state index contributed by atoms with van der Waals surface area (Å²) in [4.78, 5) is 25.2. The molecule has 80 valence electrons. The molecule has 1 saturated heterocycles. The van der Waals surface area contributed by atoms with Gasteiger partial charge in [0, 0.05) is 6.54 Å². The zero-order valence-corrected chi connectivity index (χ0v) is 9.87. The predicted molar refractivity (Wildman–Crippen MR) is 60.4 cm³/mol. The molecule has 1 aliphatic heterocycles. The lowest BCUT2D eigenvalue weighted by molar-refractivity contribution is -0.138. The fraction of sp³-hybridized carbons (Fsp3) is 0.455. The zero-order chi connectivity index (χ0) is 11.1. The monoisotopic (exact) mass is 269 g/mol. The maximum atomic E-state index is 12.0. The van der Waals surface area contributed by atoms with Gasteiger partial charge in [-0.1, -0.05) is 34.2 Å². The lowest BCUT2D eigenvalue weighted by Gasteiger charge is -2.24. The summed E-state index contributed by atoms with van der Waals surface area (Å²) in [6.45, 7) is 3.85. The second kappa shape index (κ2) is 3.59. The molecule has 2 rings (SSSR count). The summed E-state index contributed by atoms with van der Waals surface area (Å²) in [6.07, 6.45) is 6.93. The van der Waals surface area contributed by atoms with Crippen molar-refractivity contribution < 1.29 is 9.59 Å². The number of hydrogen-bond donors (Lipinski definition) is 0. The minimum Gasteiger partial charge on any atom is -0.277 e. The molecule has 1 fully saturated rings. The topological polar surface area (TPSA) is 37.4 Å². The van der Waals surface area contributed by atoms with Crippen LogP contribution < -0.4 is 0 Å². The number of halogens is 1. The highest BCUT2D eigenvalue weighted by molar-refractivity contribution is 9.10. The molecule has 0 bridgehead atoms. The number of carbonyl (C=O) groups is 2. The molecule has 2 aliphatic rings. The first-order valence-electron chi connectivity index (χ1n) is 4.94. The van der Waals surface area contributed by atoms with Crippen molar-refractivity contribution in [2.24, 2.45) is 5.92 Å². The lowest BCUT2D eigenvalue weighted by Crippen LogP contribution is -2.37. The maximum Gasteiger partial charge on any atom is 0.251 e. The van der Waals surface area contributed by atoms with Crippen molar-refractivity contribution in [2.45, 2.75) is 17.2 Å². The van der Waals surface area contributed by atoms with Crippen LogP contribution in [0.15, 0.2) is 24.8 Å². The van der Waals surface area contributed by atoms with Crippen LogP contribution in [0.5, 0.6) is 0 Å². The van der Waals surface area contributed by atoms with E-state index in [0.717, 1.165) is 12.8 Å². The third-order valence-corrected chi connectivity index (χ3v) is 4.09. The lowest BCUT2D eigenvalue weighted by atomic mass is 9.86. The smallest absolute Gasteiger partial charge is 0.251 e. The van der Waals surface area contributed by atoms with Crippen LogP contribution in [-0.2, 0) is 9.59 Å². The van der Waals surface area contributed by atoms with E-state index in [9.17, 15) is 9.59 Å². The highest BCUT2D eigenvalue weighted by Gasteiger charge is 2.56. The quantitative estimate of drug-likeness (QED) is 0.434. The van der Waals surface area contributed by atoms with Crippen molar-refractivity contribution in [2.75, 3.05) is 6.54 Å². The normalized spacial score (nSPS) is 34.5. The minimum atomic E-state index is -0.786. The molecular formula is C11H12BrNO2. The molecular weight excluding hydrogens is 258 g/mol. The number of rotatable bonds is 2. The first-order chi connectivity index (χ1) is 7.11. The number of likely N-dealkylation sites (tertiary alicyclic amines) is 1. The molecule has 3 nitrogen and oxygen atoms in total. The summed E-state index contributed by atoms with van der Waals surface area (Å²) in [5.74, 6) is -0.482. The number of imide groups is 1. The first-order valence-corrected chi connectivity index (χ1v) is 5.74. The van der Waals surface area contributed by atoms with Crippen LogP contribution in [0.25, 0.3) is 0 Å². The van der Waals surface area contributed by atoms with Gasteiger partial charge in [0.25, 0.3) is 5.91 Å². The van der Waals surface area contributed by atoms with Crippen molar-refractivity contribution in [1.82, 2.24) is 4.90 Å². The van der Waals surface area contributed by atoms with Gasteiger partial charge in [-0.05, 0) is 12.8 Å². The molecule has 0 aromatic heterocycles. The summed E-state index contributed by atoms with van der Waals surface area (Å²) >= 11 is 3.41. The SMILES string of the molecule is C=CCN1C(=O)C2CCC=CC2(Br)C1=O. The summed E-state index contributed by atoms with van der Waals surface area (Å²) in [7, 11) is 0. The predicted octanol–water partition coefficient (Wildman–Crippen LogP) is 1.64. The Morgan fingerprint density at radius 2 is 2.40 bits per heavy atom. The standard InChI is InChI=1S/C11H12BrNO2/c1-2-7-13-9(14)8-5-3-4-6-11(8,12)10(13)15/h2,4,6,8H,1,3,5,7H2. The number of hydrogen-bond acceptors (Lipinski definition) is 2. The van der Waals surface area contributed by atoms with E-state index >= 15 is 0 Å². The van der Waals surface area contributed by atoms with Gasteiger partial charge in [0.2, 0.25) is 5.91 Å². The third-order valence-electron chi connectivity index (χ3n) is 2.94. The average Bonchev–Trinajstić information content (AvgIpc) is 2.41. The largest absolute Gasteiger partial charge is 0.277 e. The maximum absolute atomic E-state index is 12.0. The molecule has 0 saturated carbocycles. The summed E-state index contributed by atoms with van der Waals surface area (Å²) in [5, 5.41) is 0. The molecule has 1 aliphatic carbocycles. The van der Waals surface area contributed by atoms with E-state index in [0.29, 0.717) is 6.54 Å². The van der Waals surface area contributed by atoms with E-state index in [1.165, 1.54) is 4.90 Å².